The van der Waals surface area contributed by atoms with Crippen LogP contribution in [0.2, 0.25) is 0 Å². The van der Waals surface area contributed by atoms with E-state index in [1.54, 1.807) is 48.5 Å². The number of cyclic esters (lactones) is 1. The van der Waals surface area contributed by atoms with Gasteiger partial charge in [-0.1, -0.05) is 18.2 Å². The van der Waals surface area contributed by atoms with Gasteiger partial charge in [0.15, 0.2) is 6.10 Å². The molecule has 2 aromatic rings. The molecule has 1 unspecified atom stereocenters. The average Bonchev–Trinajstić information content (AvgIpc) is 2.98. The van der Waals surface area contributed by atoms with Gasteiger partial charge in [0.2, 0.25) is 0 Å². The highest BCUT2D eigenvalue weighted by Gasteiger charge is 2.29. The molecule has 1 heterocycles. The van der Waals surface area contributed by atoms with Crippen LogP contribution in [0.1, 0.15) is 22.0 Å². The lowest BCUT2D eigenvalue weighted by Crippen LogP contribution is -2.32. The zero-order valence-corrected chi connectivity index (χ0v) is 13.8. The van der Waals surface area contributed by atoms with Crippen LogP contribution in [0.5, 0.6) is 5.75 Å². The smallest absolute Gasteiger partial charge is 0.339 e. The number of amides is 2. The fraction of sp³-hybridized carbons (Fsp3) is 0.111. The first kappa shape index (κ1) is 17.2. The molecule has 132 valence electrons. The third-order valence-corrected chi connectivity index (χ3v) is 3.65. The molecule has 2 N–H and O–H groups in total. The zero-order valence-electron chi connectivity index (χ0n) is 13.8. The summed E-state index contributed by atoms with van der Waals surface area (Å²) in [6.45, 7) is 0. The number of hydrogen-bond acceptors (Lipinski definition) is 6. The molecule has 2 amide bonds. The number of rotatable bonds is 4. The van der Waals surface area contributed by atoms with Crippen molar-refractivity contribution < 1.29 is 23.9 Å². The molecule has 8 nitrogen and oxygen atoms in total. The van der Waals surface area contributed by atoms with E-state index in [2.05, 4.69) is 15.8 Å². The molecule has 2 aromatic carbocycles. The fourth-order valence-electron chi connectivity index (χ4n) is 2.36. The van der Waals surface area contributed by atoms with Crippen LogP contribution in [-0.4, -0.2) is 31.1 Å². The molecule has 8 heteroatoms. The quantitative estimate of drug-likeness (QED) is 0.376. The number of benzene rings is 2. The Morgan fingerprint density at radius 1 is 1.12 bits per heavy atom. The number of anilines is 1. The molecule has 0 radical (unpaired) electrons. The lowest BCUT2D eigenvalue weighted by molar-refractivity contribution is -0.136. The van der Waals surface area contributed by atoms with Crippen molar-refractivity contribution in [2.24, 2.45) is 5.10 Å². The monoisotopic (exact) mass is 353 g/mol. The first-order valence-electron chi connectivity index (χ1n) is 7.67. The van der Waals surface area contributed by atoms with Gasteiger partial charge >= 0.3 is 17.8 Å². The van der Waals surface area contributed by atoms with Crippen LogP contribution in [0.3, 0.4) is 0 Å². The van der Waals surface area contributed by atoms with E-state index in [-0.39, 0.29) is 0 Å². The van der Waals surface area contributed by atoms with Crippen molar-refractivity contribution in [2.45, 2.75) is 6.10 Å². The third kappa shape index (κ3) is 3.69. The van der Waals surface area contributed by atoms with E-state index in [0.29, 0.717) is 22.6 Å². The molecule has 26 heavy (non-hydrogen) atoms. The Kier molecular flexibility index (Phi) is 4.93. The highest BCUT2D eigenvalue weighted by Crippen LogP contribution is 2.28. The number of fused-ring (bicyclic) bond motifs is 1. The summed E-state index contributed by atoms with van der Waals surface area (Å²) in [5, 5.41) is 6.12. The summed E-state index contributed by atoms with van der Waals surface area (Å²) in [5.41, 5.74) is 3.64. The van der Waals surface area contributed by atoms with Crippen molar-refractivity contribution in [3.8, 4) is 5.75 Å². The topological polar surface area (TPSA) is 106 Å². The number of carbonyl (C=O) groups excluding carboxylic acids is 3. The molecular formula is C18H15N3O5. The lowest BCUT2D eigenvalue weighted by atomic mass is 10.1. The van der Waals surface area contributed by atoms with Gasteiger partial charge in [-0.2, -0.15) is 5.10 Å². The van der Waals surface area contributed by atoms with E-state index in [1.165, 1.54) is 13.3 Å². The summed E-state index contributed by atoms with van der Waals surface area (Å²) in [5.74, 6) is -1.66. The number of methoxy groups -OCH3 is 1. The highest BCUT2D eigenvalue weighted by atomic mass is 16.5. The lowest BCUT2D eigenvalue weighted by Gasteiger charge is -2.06. The first-order valence-corrected chi connectivity index (χ1v) is 7.67. The molecular weight excluding hydrogens is 338 g/mol. The van der Waals surface area contributed by atoms with Gasteiger partial charge in [-0.25, -0.2) is 10.2 Å². The fourth-order valence-corrected chi connectivity index (χ4v) is 2.36. The average molecular weight is 353 g/mol. The summed E-state index contributed by atoms with van der Waals surface area (Å²) in [7, 11) is 1.53. The van der Waals surface area contributed by atoms with Gasteiger partial charge in [0.05, 0.1) is 18.9 Å². The molecule has 3 rings (SSSR count). The third-order valence-electron chi connectivity index (χ3n) is 3.65. The number of ether oxygens (including phenoxy) is 2. The minimum atomic E-state index is -0.949. The zero-order chi connectivity index (χ0) is 18.5. The van der Waals surface area contributed by atoms with Crippen molar-refractivity contribution in [3.63, 3.8) is 0 Å². The minimum absolute atomic E-state index is 0.438. The first-order chi connectivity index (χ1) is 12.6. The van der Waals surface area contributed by atoms with Crippen LogP contribution in [0.25, 0.3) is 0 Å². The maximum Gasteiger partial charge on any atom is 0.339 e. The van der Waals surface area contributed by atoms with Crippen LogP contribution in [0.4, 0.5) is 5.69 Å². The van der Waals surface area contributed by atoms with Gasteiger partial charge in [0.25, 0.3) is 0 Å². The second kappa shape index (κ2) is 7.47. The molecule has 0 fully saturated rings. The van der Waals surface area contributed by atoms with Crippen LogP contribution >= 0.6 is 0 Å². The van der Waals surface area contributed by atoms with E-state index in [1.807, 2.05) is 0 Å². The van der Waals surface area contributed by atoms with Crippen LogP contribution in [0, 0.1) is 0 Å². The van der Waals surface area contributed by atoms with Crippen molar-refractivity contribution in [1.82, 2.24) is 5.43 Å². The molecule has 0 aliphatic carbocycles. The molecule has 0 saturated heterocycles. The normalized spacial score (nSPS) is 15.3. The van der Waals surface area contributed by atoms with Crippen LogP contribution < -0.4 is 15.5 Å². The Balaban J connectivity index is 1.56. The second-order valence-corrected chi connectivity index (χ2v) is 5.31. The van der Waals surface area contributed by atoms with Gasteiger partial charge in [0.1, 0.15) is 5.75 Å². The van der Waals surface area contributed by atoms with Crippen molar-refractivity contribution in [3.05, 3.63) is 59.7 Å². The Labute approximate surface area is 148 Å². The van der Waals surface area contributed by atoms with Crippen molar-refractivity contribution in [2.75, 3.05) is 12.4 Å². The molecule has 0 aromatic heterocycles. The predicted molar refractivity (Wildman–Crippen MR) is 92.9 cm³/mol. The molecule has 1 atom stereocenters. The molecule has 1 aliphatic heterocycles. The Bertz CT molecular complexity index is 877. The Morgan fingerprint density at radius 2 is 1.85 bits per heavy atom. The van der Waals surface area contributed by atoms with E-state index < -0.39 is 23.9 Å². The van der Waals surface area contributed by atoms with Gasteiger partial charge < -0.3 is 14.8 Å². The Hall–Kier alpha value is -3.68. The summed E-state index contributed by atoms with van der Waals surface area (Å²) < 4.78 is 10.1. The van der Waals surface area contributed by atoms with Crippen molar-refractivity contribution >= 4 is 29.7 Å². The summed E-state index contributed by atoms with van der Waals surface area (Å²) in [4.78, 5) is 35.3. The predicted octanol–water partition coefficient (Wildman–Crippen LogP) is 1.65. The number of esters is 1. The van der Waals surface area contributed by atoms with Crippen molar-refractivity contribution in [1.29, 1.82) is 0 Å². The van der Waals surface area contributed by atoms with Gasteiger partial charge in [-0.3, -0.25) is 9.59 Å². The SMILES string of the molecule is COc1ccc(NC(=O)C(=O)NN=CC2OC(=O)c3ccccc32)cc1. The standard InChI is InChI=1S/C18H15N3O5/c1-25-12-8-6-11(7-9-12)20-16(22)17(23)21-19-10-15-13-4-2-3-5-14(13)18(24)26-15/h2-10,15H,1H3,(H,20,22)(H,21,23). The van der Waals surface area contributed by atoms with Gasteiger partial charge in [0, 0.05) is 11.3 Å². The molecule has 0 saturated carbocycles. The number of hydrogen-bond donors (Lipinski definition) is 2. The Morgan fingerprint density at radius 3 is 2.58 bits per heavy atom. The van der Waals surface area contributed by atoms with Crippen LogP contribution in [0.15, 0.2) is 53.6 Å². The van der Waals surface area contributed by atoms with Crippen LogP contribution in [-0.2, 0) is 14.3 Å². The van der Waals surface area contributed by atoms with Gasteiger partial charge in [-0.15, -0.1) is 0 Å². The largest absolute Gasteiger partial charge is 0.497 e. The minimum Gasteiger partial charge on any atom is -0.497 e. The van der Waals surface area contributed by atoms with E-state index in [0.717, 1.165) is 0 Å². The maximum absolute atomic E-state index is 11.8. The summed E-state index contributed by atoms with van der Waals surface area (Å²) in [6, 6.07) is 13.4. The number of hydrazone groups is 1. The van der Waals surface area contributed by atoms with E-state index >= 15 is 0 Å². The van der Waals surface area contributed by atoms with Gasteiger partial charge in [-0.05, 0) is 30.3 Å². The number of nitrogens with one attached hydrogen (secondary N) is 2. The highest BCUT2D eigenvalue weighted by molar-refractivity contribution is 6.39. The summed E-state index contributed by atoms with van der Waals surface area (Å²) in [6.07, 6.45) is 0.547. The molecule has 1 aliphatic rings. The van der Waals surface area contributed by atoms with E-state index in [4.69, 9.17) is 9.47 Å². The summed E-state index contributed by atoms with van der Waals surface area (Å²) >= 11 is 0. The molecule has 0 bridgehead atoms. The second-order valence-electron chi connectivity index (χ2n) is 5.31. The van der Waals surface area contributed by atoms with E-state index in [9.17, 15) is 14.4 Å². The molecule has 0 spiro atoms. The number of nitrogens with zero attached hydrogens (tertiary/aromatic N) is 1. The number of carbonyl (C=O) groups is 3. The maximum atomic E-state index is 11.8.